The maximum Gasteiger partial charge on any atom is 0.275 e. The number of aromatic nitrogens is 2. The molecule has 1 fully saturated rings. The Hall–Kier alpha value is -2.43. The highest BCUT2D eigenvalue weighted by molar-refractivity contribution is 6.04. The molecule has 5 heteroatoms. The van der Waals surface area contributed by atoms with E-state index in [0.29, 0.717) is 5.69 Å². The van der Waals surface area contributed by atoms with E-state index in [9.17, 15) is 4.79 Å². The van der Waals surface area contributed by atoms with Crippen molar-refractivity contribution in [2.24, 2.45) is 0 Å². The number of carbonyl (C=O) groups is 1. The van der Waals surface area contributed by atoms with E-state index in [1.54, 1.807) is 6.20 Å². The van der Waals surface area contributed by atoms with Crippen molar-refractivity contribution in [1.29, 1.82) is 0 Å². The van der Waals surface area contributed by atoms with Gasteiger partial charge in [-0.1, -0.05) is 12.1 Å². The summed E-state index contributed by atoms with van der Waals surface area (Å²) in [6.07, 6.45) is 6.79. The SMILES string of the molecule is Cc1cnc(C(=O)Nc2ccccc2N2CCCCC2)cn1. The van der Waals surface area contributed by atoms with Crippen LogP contribution in [0.25, 0.3) is 0 Å². The quantitative estimate of drug-likeness (QED) is 0.946. The molecule has 1 N–H and O–H groups in total. The normalized spacial score (nSPS) is 14.7. The molecule has 0 atom stereocenters. The third-order valence-electron chi connectivity index (χ3n) is 3.86. The zero-order valence-corrected chi connectivity index (χ0v) is 12.7. The molecule has 0 radical (unpaired) electrons. The van der Waals surface area contributed by atoms with Gasteiger partial charge in [-0.05, 0) is 38.3 Å². The fourth-order valence-electron chi connectivity index (χ4n) is 2.69. The Labute approximate surface area is 130 Å². The van der Waals surface area contributed by atoms with Crippen molar-refractivity contribution in [1.82, 2.24) is 9.97 Å². The summed E-state index contributed by atoms with van der Waals surface area (Å²) >= 11 is 0. The van der Waals surface area contributed by atoms with Gasteiger partial charge in [0.15, 0.2) is 0 Å². The molecule has 0 unspecified atom stereocenters. The molecule has 0 aliphatic carbocycles. The first-order valence-corrected chi connectivity index (χ1v) is 7.68. The van der Waals surface area contributed by atoms with E-state index >= 15 is 0 Å². The van der Waals surface area contributed by atoms with Gasteiger partial charge in [-0.3, -0.25) is 9.78 Å². The minimum atomic E-state index is -0.225. The number of hydrogen-bond acceptors (Lipinski definition) is 4. The number of nitrogens with zero attached hydrogens (tertiary/aromatic N) is 3. The Balaban J connectivity index is 1.79. The summed E-state index contributed by atoms with van der Waals surface area (Å²) in [6.45, 7) is 3.93. The molecule has 1 aromatic heterocycles. The smallest absolute Gasteiger partial charge is 0.275 e. The van der Waals surface area contributed by atoms with Crippen molar-refractivity contribution < 1.29 is 4.79 Å². The lowest BCUT2D eigenvalue weighted by molar-refractivity contribution is 0.102. The average molecular weight is 296 g/mol. The van der Waals surface area contributed by atoms with Crippen LogP contribution in [0.1, 0.15) is 35.4 Å². The summed E-state index contributed by atoms with van der Waals surface area (Å²) in [5.74, 6) is -0.225. The summed E-state index contributed by atoms with van der Waals surface area (Å²) in [5, 5.41) is 2.96. The van der Waals surface area contributed by atoms with Gasteiger partial charge in [0.05, 0.1) is 23.3 Å². The van der Waals surface area contributed by atoms with E-state index in [0.717, 1.165) is 30.2 Å². The van der Waals surface area contributed by atoms with Crippen molar-refractivity contribution in [2.45, 2.75) is 26.2 Å². The van der Waals surface area contributed by atoms with E-state index in [4.69, 9.17) is 0 Å². The Morgan fingerprint density at radius 3 is 2.59 bits per heavy atom. The third kappa shape index (κ3) is 3.24. The number of amides is 1. The maximum absolute atomic E-state index is 12.3. The van der Waals surface area contributed by atoms with Gasteiger partial charge >= 0.3 is 0 Å². The van der Waals surface area contributed by atoms with E-state index in [1.165, 1.54) is 25.5 Å². The van der Waals surface area contributed by atoms with Gasteiger partial charge in [0.2, 0.25) is 0 Å². The average Bonchev–Trinajstić information content (AvgIpc) is 2.57. The summed E-state index contributed by atoms with van der Waals surface area (Å²) in [7, 11) is 0. The summed E-state index contributed by atoms with van der Waals surface area (Å²) in [4.78, 5) is 22.9. The van der Waals surface area contributed by atoms with Gasteiger partial charge < -0.3 is 10.2 Å². The monoisotopic (exact) mass is 296 g/mol. The van der Waals surface area contributed by atoms with E-state index < -0.39 is 0 Å². The highest BCUT2D eigenvalue weighted by Crippen LogP contribution is 2.28. The Morgan fingerprint density at radius 1 is 1.09 bits per heavy atom. The molecular weight excluding hydrogens is 276 g/mol. The van der Waals surface area contributed by atoms with Crippen molar-refractivity contribution in [3.63, 3.8) is 0 Å². The minimum Gasteiger partial charge on any atom is -0.370 e. The number of anilines is 2. The zero-order valence-electron chi connectivity index (χ0n) is 12.7. The van der Waals surface area contributed by atoms with Crippen LogP contribution in [0.3, 0.4) is 0 Å². The lowest BCUT2D eigenvalue weighted by atomic mass is 10.1. The third-order valence-corrected chi connectivity index (χ3v) is 3.86. The summed E-state index contributed by atoms with van der Waals surface area (Å²) in [5.41, 5.74) is 3.04. The molecule has 0 saturated carbocycles. The number of carbonyl (C=O) groups excluding carboxylic acids is 1. The lowest BCUT2D eigenvalue weighted by Gasteiger charge is -2.30. The summed E-state index contributed by atoms with van der Waals surface area (Å²) in [6, 6.07) is 7.93. The predicted molar refractivity (Wildman–Crippen MR) is 87.2 cm³/mol. The van der Waals surface area contributed by atoms with Crippen molar-refractivity contribution in [2.75, 3.05) is 23.3 Å². The van der Waals surface area contributed by atoms with Crippen LogP contribution in [0.4, 0.5) is 11.4 Å². The van der Waals surface area contributed by atoms with E-state index in [2.05, 4.69) is 26.3 Å². The summed E-state index contributed by atoms with van der Waals surface area (Å²) < 4.78 is 0. The molecule has 1 saturated heterocycles. The minimum absolute atomic E-state index is 0.225. The molecule has 2 aromatic rings. The van der Waals surface area contributed by atoms with Crippen LogP contribution in [0.2, 0.25) is 0 Å². The van der Waals surface area contributed by atoms with Crippen molar-refractivity contribution in [3.05, 3.63) is 48.0 Å². The molecule has 0 spiro atoms. The fraction of sp³-hybridized carbons (Fsp3) is 0.353. The molecule has 0 bridgehead atoms. The zero-order chi connectivity index (χ0) is 15.4. The molecule has 1 amide bonds. The number of benzene rings is 1. The van der Waals surface area contributed by atoms with Crippen LogP contribution in [-0.4, -0.2) is 29.0 Å². The molecule has 5 nitrogen and oxygen atoms in total. The van der Waals surface area contributed by atoms with Gasteiger partial charge in [0.25, 0.3) is 5.91 Å². The van der Waals surface area contributed by atoms with Crippen LogP contribution in [-0.2, 0) is 0 Å². The molecule has 1 aromatic carbocycles. The lowest BCUT2D eigenvalue weighted by Crippen LogP contribution is -2.30. The topological polar surface area (TPSA) is 58.1 Å². The Morgan fingerprint density at radius 2 is 1.86 bits per heavy atom. The van der Waals surface area contributed by atoms with E-state index in [-0.39, 0.29) is 5.91 Å². The second-order valence-corrected chi connectivity index (χ2v) is 5.56. The first-order valence-electron chi connectivity index (χ1n) is 7.68. The number of piperidine rings is 1. The largest absolute Gasteiger partial charge is 0.370 e. The Kier molecular flexibility index (Phi) is 4.32. The van der Waals surface area contributed by atoms with Crippen LogP contribution < -0.4 is 10.2 Å². The van der Waals surface area contributed by atoms with Crippen LogP contribution in [0.15, 0.2) is 36.7 Å². The van der Waals surface area contributed by atoms with Crippen LogP contribution in [0, 0.1) is 6.92 Å². The standard InChI is InChI=1S/C17H20N4O/c1-13-11-19-15(12-18-13)17(22)20-14-7-3-4-8-16(14)21-9-5-2-6-10-21/h3-4,7-8,11-12H,2,5-6,9-10H2,1H3,(H,20,22). The van der Waals surface area contributed by atoms with Crippen LogP contribution >= 0.6 is 0 Å². The molecular formula is C17H20N4O. The maximum atomic E-state index is 12.3. The van der Waals surface area contributed by atoms with E-state index in [1.807, 2.05) is 25.1 Å². The molecule has 22 heavy (non-hydrogen) atoms. The van der Waals surface area contributed by atoms with Gasteiger partial charge in [-0.15, -0.1) is 0 Å². The number of nitrogens with one attached hydrogen (secondary N) is 1. The van der Waals surface area contributed by atoms with Gasteiger partial charge in [-0.25, -0.2) is 4.98 Å². The van der Waals surface area contributed by atoms with Crippen molar-refractivity contribution >= 4 is 17.3 Å². The van der Waals surface area contributed by atoms with Gasteiger partial charge in [0, 0.05) is 19.3 Å². The number of hydrogen-bond donors (Lipinski definition) is 1. The second kappa shape index (κ2) is 6.56. The highest BCUT2D eigenvalue weighted by Gasteiger charge is 2.16. The van der Waals surface area contributed by atoms with Crippen LogP contribution in [0.5, 0.6) is 0 Å². The van der Waals surface area contributed by atoms with Gasteiger partial charge in [0.1, 0.15) is 5.69 Å². The fourth-order valence-corrected chi connectivity index (χ4v) is 2.69. The van der Waals surface area contributed by atoms with Gasteiger partial charge in [-0.2, -0.15) is 0 Å². The molecule has 3 rings (SSSR count). The number of aryl methyl sites for hydroxylation is 1. The van der Waals surface area contributed by atoms with Crippen molar-refractivity contribution in [3.8, 4) is 0 Å². The highest BCUT2D eigenvalue weighted by atomic mass is 16.1. The first kappa shape index (κ1) is 14.5. The number of para-hydroxylation sites is 2. The number of rotatable bonds is 3. The molecule has 114 valence electrons. The second-order valence-electron chi connectivity index (χ2n) is 5.56. The Bertz CT molecular complexity index is 648. The molecule has 1 aliphatic heterocycles. The molecule has 1 aliphatic rings. The predicted octanol–water partition coefficient (Wildman–Crippen LogP) is 3.03. The molecule has 2 heterocycles. The first-order chi connectivity index (χ1) is 10.7.